The lowest BCUT2D eigenvalue weighted by molar-refractivity contribution is 0.397. The molecule has 0 N–H and O–H groups in total. The molecule has 528 valence electrons. The first-order valence-corrected chi connectivity index (χ1v) is 40.0. The van der Waals surface area contributed by atoms with Crippen LogP contribution in [0.4, 0.5) is 34.1 Å². The number of rotatable bonds is 27. The second-order valence-electron chi connectivity index (χ2n) is 32.3. The van der Waals surface area contributed by atoms with Gasteiger partial charge in [-0.3, -0.25) is 0 Å². The van der Waals surface area contributed by atoms with Gasteiger partial charge in [0.25, 0.3) is 0 Å². The number of aromatic nitrogens is 1. The van der Waals surface area contributed by atoms with Crippen LogP contribution in [0.5, 0.6) is 0 Å². The molecule has 0 fully saturated rings. The second-order valence-corrected chi connectivity index (χ2v) is 32.3. The summed E-state index contributed by atoms with van der Waals surface area (Å²) < 4.78 is 2.45. The molecule has 0 unspecified atom stereocenters. The minimum absolute atomic E-state index is 0.0115. The van der Waals surface area contributed by atoms with E-state index in [2.05, 4.69) is 331 Å². The maximum Gasteiger partial charge on any atom is 0.0547 e. The van der Waals surface area contributed by atoms with E-state index in [9.17, 15) is 0 Å². The summed E-state index contributed by atoms with van der Waals surface area (Å²) >= 11 is 0. The van der Waals surface area contributed by atoms with Crippen LogP contribution in [0.3, 0.4) is 0 Å². The fourth-order valence-electron chi connectivity index (χ4n) is 18.9. The highest BCUT2D eigenvalue weighted by molar-refractivity contribution is 6.10. The molecular formula is C102H105N3. The van der Waals surface area contributed by atoms with Crippen LogP contribution >= 0.6 is 0 Å². The number of fused-ring (bicyclic) bond motifs is 12. The summed E-state index contributed by atoms with van der Waals surface area (Å²) in [5, 5.41) is 2.48. The first kappa shape index (κ1) is 69.4. The van der Waals surface area contributed by atoms with Crippen molar-refractivity contribution in [1.29, 1.82) is 0 Å². The molecule has 13 aromatic rings. The number of aryl methyl sites for hydroxylation is 3. The molecule has 0 radical (unpaired) electrons. The Morgan fingerprint density at radius 1 is 0.276 bits per heavy atom. The topological polar surface area (TPSA) is 11.4 Å². The highest BCUT2D eigenvalue weighted by atomic mass is 15.1. The van der Waals surface area contributed by atoms with Gasteiger partial charge >= 0.3 is 0 Å². The Labute approximate surface area is 626 Å². The van der Waals surface area contributed by atoms with Crippen molar-refractivity contribution >= 4 is 55.9 Å². The Bertz CT molecular complexity index is 5250. The molecule has 12 aromatic carbocycles. The smallest absolute Gasteiger partial charge is 0.0547 e. The lowest BCUT2D eigenvalue weighted by Crippen LogP contribution is -2.26. The van der Waals surface area contributed by atoms with Crippen molar-refractivity contribution in [2.45, 2.75) is 194 Å². The van der Waals surface area contributed by atoms with Crippen LogP contribution in [0.25, 0.3) is 83.1 Å². The molecule has 3 heteroatoms. The number of hydrogen-bond donors (Lipinski definition) is 0. The minimum Gasteiger partial charge on any atom is -0.311 e. The van der Waals surface area contributed by atoms with Crippen LogP contribution in [0.15, 0.2) is 255 Å². The number of hydrogen-bond acceptors (Lipinski definition) is 2. The molecule has 0 aliphatic heterocycles. The summed E-state index contributed by atoms with van der Waals surface area (Å²) in [7, 11) is 0. The van der Waals surface area contributed by atoms with E-state index in [0.717, 1.165) is 39.8 Å². The second kappa shape index (κ2) is 29.2. The van der Waals surface area contributed by atoms with Crippen molar-refractivity contribution in [3.8, 4) is 61.3 Å². The average molecular weight is 1370 g/mol. The summed E-state index contributed by atoms with van der Waals surface area (Å²) in [5.41, 5.74) is 36.0. The summed E-state index contributed by atoms with van der Waals surface area (Å²) in [6.07, 6.45) is 24.0. The Morgan fingerprint density at radius 3 is 1.24 bits per heavy atom. The van der Waals surface area contributed by atoms with Crippen LogP contribution in [-0.4, -0.2) is 4.57 Å². The number of benzene rings is 12. The van der Waals surface area contributed by atoms with Crippen LogP contribution < -0.4 is 9.80 Å². The molecule has 105 heavy (non-hydrogen) atoms. The molecule has 0 amide bonds. The highest BCUT2D eigenvalue weighted by Gasteiger charge is 2.44. The van der Waals surface area contributed by atoms with E-state index in [-0.39, 0.29) is 16.2 Å². The molecule has 0 saturated carbocycles. The minimum atomic E-state index is -0.269. The maximum absolute atomic E-state index is 2.70. The SMILES string of the molecule is CCCCCCCCCCC1(CCCCCCCCCC)c2cc(C)ccc2-c2cc(C)c(-c3ccc4c(c3)C(C)(C)c3cc(N(c5ccc(-c6ccc7c8ccccc8n(-c8ccc(N(c9ccccc9)c9ccccc9)cc8)c7c6)cc5)c5ccc6c(c5)C(C)(C)c5cc(C)ccc5-6)ccc3-4)cc21. The molecule has 0 atom stereocenters. The zero-order valence-electron chi connectivity index (χ0n) is 63.8. The molecule has 3 aliphatic carbocycles. The fourth-order valence-corrected chi connectivity index (χ4v) is 18.9. The molecule has 1 heterocycles. The lowest BCUT2D eigenvalue weighted by atomic mass is 9.70. The molecule has 0 saturated heterocycles. The molecule has 0 spiro atoms. The Morgan fingerprint density at radius 2 is 0.676 bits per heavy atom. The lowest BCUT2D eigenvalue weighted by Gasteiger charge is -2.33. The Balaban J connectivity index is 0.744. The normalized spacial score (nSPS) is 13.9. The number of nitrogens with zero attached hydrogens (tertiary/aromatic N) is 3. The van der Waals surface area contributed by atoms with E-state index in [1.165, 1.54) is 232 Å². The van der Waals surface area contributed by atoms with E-state index in [0.29, 0.717) is 0 Å². The molecule has 1 aromatic heterocycles. The standard InChI is InChI=1S/C102H105N3/c1-10-12-14-16-18-20-22-32-60-102(61-33-23-21-19-17-15-13-11-2)96-63-71(4)41-55-87(96)91-64-72(5)90(69-97(91)102)75-45-56-84-86-59-53-82(68-95(86)101(8,9)93(84)65-75)104(81-52-58-85-83-54-40-70(3)62-92(83)100(6,7)94(85)67-81)78-46-42-73(43-47-78)74-44-57-89-88-38-30-31-39-98(88)105(99(89)66-74)80-50-48-79(49-51-80)103(76-34-26-24-27-35-76)77-36-28-25-29-37-77/h24-31,34-59,62-69H,10-23,32-33,60-61H2,1-9H3. The van der Waals surface area contributed by atoms with E-state index in [1.807, 2.05) is 0 Å². The van der Waals surface area contributed by atoms with Gasteiger partial charge in [0, 0.05) is 66.8 Å². The molecule has 16 rings (SSSR count). The van der Waals surface area contributed by atoms with Gasteiger partial charge in [0.05, 0.1) is 11.0 Å². The van der Waals surface area contributed by atoms with Gasteiger partial charge in [-0.25, -0.2) is 0 Å². The van der Waals surface area contributed by atoms with Crippen molar-refractivity contribution in [2.75, 3.05) is 9.80 Å². The van der Waals surface area contributed by atoms with Gasteiger partial charge in [0.2, 0.25) is 0 Å². The third-order valence-corrected chi connectivity index (χ3v) is 24.6. The predicted octanol–water partition coefficient (Wildman–Crippen LogP) is 29.9. The summed E-state index contributed by atoms with van der Waals surface area (Å²) in [6.45, 7) is 21.4. The van der Waals surface area contributed by atoms with E-state index in [4.69, 9.17) is 0 Å². The van der Waals surface area contributed by atoms with Gasteiger partial charge in [-0.05, 0) is 237 Å². The van der Waals surface area contributed by atoms with Gasteiger partial charge < -0.3 is 14.4 Å². The largest absolute Gasteiger partial charge is 0.311 e. The zero-order chi connectivity index (χ0) is 72.0. The van der Waals surface area contributed by atoms with Crippen LogP contribution in [0, 0.1) is 20.8 Å². The van der Waals surface area contributed by atoms with Gasteiger partial charge in [-0.2, -0.15) is 0 Å². The van der Waals surface area contributed by atoms with E-state index < -0.39 is 0 Å². The van der Waals surface area contributed by atoms with Gasteiger partial charge in [0.1, 0.15) is 0 Å². The van der Waals surface area contributed by atoms with E-state index >= 15 is 0 Å². The number of para-hydroxylation sites is 3. The summed E-state index contributed by atoms with van der Waals surface area (Å²) in [6, 6.07) is 97.6. The highest BCUT2D eigenvalue weighted by Crippen LogP contribution is 2.58. The monoisotopic (exact) mass is 1370 g/mol. The van der Waals surface area contributed by atoms with Crippen molar-refractivity contribution in [2.24, 2.45) is 0 Å². The predicted molar refractivity (Wildman–Crippen MR) is 451 cm³/mol. The van der Waals surface area contributed by atoms with Crippen molar-refractivity contribution in [3.63, 3.8) is 0 Å². The van der Waals surface area contributed by atoms with Crippen LogP contribution in [-0.2, 0) is 16.2 Å². The van der Waals surface area contributed by atoms with Crippen molar-refractivity contribution < 1.29 is 0 Å². The first-order valence-electron chi connectivity index (χ1n) is 40.0. The molecule has 0 bridgehead atoms. The number of anilines is 6. The van der Waals surface area contributed by atoms with Gasteiger partial charge in [-0.15, -0.1) is 0 Å². The van der Waals surface area contributed by atoms with E-state index in [1.54, 1.807) is 11.1 Å². The van der Waals surface area contributed by atoms with Gasteiger partial charge in [0.15, 0.2) is 0 Å². The van der Waals surface area contributed by atoms with Crippen molar-refractivity contribution in [3.05, 3.63) is 305 Å². The first-order chi connectivity index (χ1) is 51.2. The average Bonchev–Trinajstić information content (AvgIpc) is 1.56. The number of unbranched alkanes of at least 4 members (excludes halogenated alkanes) is 14. The Kier molecular flexibility index (Phi) is 19.3. The van der Waals surface area contributed by atoms with Crippen LogP contribution in [0.1, 0.15) is 207 Å². The zero-order valence-corrected chi connectivity index (χ0v) is 63.8. The Hall–Kier alpha value is -9.96. The third-order valence-electron chi connectivity index (χ3n) is 24.6. The fraction of sp³-hybridized carbons (Fsp3) is 0.294. The summed E-state index contributed by atoms with van der Waals surface area (Å²) in [4.78, 5) is 4.86. The van der Waals surface area contributed by atoms with Gasteiger partial charge in [-0.1, -0.05) is 301 Å². The molecular weight excluding hydrogens is 1270 g/mol. The van der Waals surface area contributed by atoms with Crippen LogP contribution in [0.2, 0.25) is 0 Å². The molecule has 3 aliphatic rings. The third kappa shape index (κ3) is 12.8. The molecule has 3 nitrogen and oxygen atoms in total. The quantitative estimate of drug-likeness (QED) is 0.0476. The summed E-state index contributed by atoms with van der Waals surface area (Å²) in [5.74, 6) is 0. The van der Waals surface area contributed by atoms with Crippen molar-refractivity contribution in [1.82, 2.24) is 4.57 Å². The maximum atomic E-state index is 2.70.